The Morgan fingerprint density at radius 2 is 2.00 bits per heavy atom. The summed E-state index contributed by atoms with van der Waals surface area (Å²) >= 11 is 0. The Morgan fingerprint density at radius 1 is 1.17 bits per heavy atom. The van der Waals surface area contributed by atoms with Gasteiger partial charge in [0.15, 0.2) is 0 Å². The van der Waals surface area contributed by atoms with Gasteiger partial charge in [-0.05, 0) is 36.2 Å². The second-order valence-electron chi connectivity index (χ2n) is 6.15. The van der Waals surface area contributed by atoms with Gasteiger partial charge in [0.25, 0.3) is 5.91 Å². The number of amides is 2. The van der Waals surface area contributed by atoms with Gasteiger partial charge in [0.05, 0.1) is 29.6 Å². The number of nitrogens with two attached hydrogens (primary N) is 1. The van der Waals surface area contributed by atoms with Crippen LogP contribution in [0.4, 0.5) is 8.78 Å². The Labute approximate surface area is 164 Å². The molecule has 2 aromatic heterocycles. The monoisotopic (exact) mass is 400 g/mol. The molecule has 0 radical (unpaired) electrons. The SMILES string of the molecule is NC(=O)CNC(=O)c1ccc(-c2cn(NCCc3cccc(F)c3)nc2F)nc1. The third kappa shape index (κ3) is 5.34. The molecule has 0 atom stereocenters. The van der Waals surface area contributed by atoms with E-state index in [9.17, 15) is 18.4 Å². The molecule has 29 heavy (non-hydrogen) atoms. The molecule has 8 nitrogen and oxygen atoms in total. The Hall–Kier alpha value is -3.82. The maximum absolute atomic E-state index is 14.2. The van der Waals surface area contributed by atoms with Crippen molar-refractivity contribution in [1.29, 1.82) is 0 Å². The van der Waals surface area contributed by atoms with Crippen LogP contribution >= 0.6 is 0 Å². The van der Waals surface area contributed by atoms with E-state index < -0.39 is 17.8 Å². The van der Waals surface area contributed by atoms with Crippen LogP contribution in [0.25, 0.3) is 11.3 Å². The summed E-state index contributed by atoms with van der Waals surface area (Å²) < 4.78 is 27.4. The Bertz CT molecular complexity index is 1020. The first kappa shape index (κ1) is 19.9. The molecule has 0 saturated heterocycles. The van der Waals surface area contributed by atoms with Crippen LogP contribution in [0.2, 0.25) is 0 Å². The van der Waals surface area contributed by atoms with Gasteiger partial charge in [-0.2, -0.15) is 9.18 Å². The van der Waals surface area contributed by atoms with E-state index in [2.05, 4.69) is 20.8 Å². The van der Waals surface area contributed by atoms with Crippen molar-refractivity contribution < 1.29 is 18.4 Å². The molecule has 3 rings (SSSR count). The fraction of sp³-hybridized carbons (Fsp3) is 0.158. The van der Waals surface area contributed by atoms with E-state index >= 15 is 0 Å². The quantitative estimate of drug-likeness (QED) is 0.526. The van der Waals surface area contributed by atoms with E-state index in [4.69, 9.17) is 5.73 Å². The molecule has 2 heterocycles. The van der Waals surface area contributed by atoms with Gasteiger partial charge in [0, 0.05) is 12.7 Å². The number of halogens is 2. The minimum absolute atomic E-state index is 0.146. The maximum atomic E-state index is 14.2. The van der Waals surface area contributed by atoms with Crippen LogP contribution in [0.5, 0.6) is 0 Å². The highest BCUT2D eigenvalue weighted by Crippen LogP contribution is 2.19. The minimum Gasteiger partial charge on any atom is -0.368 e. The van der Waals surface area contributed by atoms with Gasteiger partial charge in [-0.25, -0.2) is 4.39 Å². The summed E-state index contributed by atoms with van der Waals surface area (Å²) in [6, 6.07) is 9.14. The number of benzene rings is 1. The molecule has 1 aromatic carbocycles. The van der Waals surface area contributed by atoms with Crippen molar-refractivity contribution in [2.24, 2.45) is 5.73 Å². The Balaban J connectivity index is 1.62. The molecule has 0 saturated carbocycles. The van der Waals surface area contributed by atoms with Gasteiger partial charge >= 0.3 is 0 Å². The molecule has 4 N–H and O–H groups in total. The number of pyridine rings is 1. The van der Waals surface area contributed by atoms with Gasteiger partial charge in [0.1, 0.15) is 5.82 Å². The molecule has 2 amide bonds. The predicted molar refractivity (Wildman–Crippen MR) is 101 cm³/mol. The van der Waals surface area contributed by atoms with Crippen molar-refractivity contribution in [3.05, 3.63) is 71.7 Å². The summed E-state index contributed by atoms with van der Waals surface area (Å²) in [5.74, 6) is -2.23. The summed E-state index contributed by atoms with van der Waals surface area (Å²) in [7, 11) is 0. The first-order valence-electron chi connectivity index (χ1n) is 8.69. The molecule has 0 aliphatic heterocycles. The summed E-state index contributed by atoms with van der Waals surface area (Å²) in [6.07, 6.45) is 3.22. The summed E-state index contributed by atoms with van der Waals surface area (Å²) in [5.41, 5.74) is 9.32. The van der Waals surface area contributed by atoms with E-state index in [0.29, 0.717) is 13.0 Å². The van der Waals surface area contributed by atoms with E-state index in [0.717, 1.165) is 5.56 Å². The second kappa shape index (κ2) is 8.91. The van der Waals surface area contributed by atoms with Crippen LogP contribution < -0.4 is 16.5 Å². The number of hydrogen-bond donors (Lipinski definition) is 3. The molecule has 0 aliphatic rings. The lowest BCUT2D eigenvalue weighted by Gasteiger charge is -2.06. The molecule has 150 valence electrons. The standard InChI is InChI=1S/C19H18F2N6O2/c20-14-3-1-2-12(8-14)6-7-25-27-11-15(18(21)26-27)16-5-4-13(9-23-16)19(29)24-10-17(22)28/h1-5,8-9,11,25H,6-7,10H2,(H2,22,28)(H,24,29). The lowest BCUT2D eigenvalue weighted by molar-refractivity contribution is -0.117. The number of hydrogen-bond acceptors (Lipinski definition) is 5. The molecular weight excluding hydrogens is 382 g/mol. The molecule has 10 heteroatoms. The van der Waals surface area contributed by atoms with Crippen molar-refractivity contribution in [3.8, 4) is 11.3 Å². The largest absolute Gasteiger partial charge is 0.368 e. The average molecular weight is 400 g/mol. The van der Waals surface area contributed by atoms with Crippen LogP contribution in [0, 0.1) is 11.8 Å². The smallest absolute Gasteiger partial charge is 0.253 e. The van der Waals surface area contributed by atoms with Crippen LogP contribution in [-0.4, -0.2) is 39.8 Å². The Kier molecular flexibility index (Phi) is 6.12. The molecular formula is C19H18F2N6O2. The fourth-order valence-corrected chi connectivity index (χ4v) is 2.57. The number of carbonyl (C=O) groups excluding carboxylic acids is 2. The van der Waals surface area contributed by atoms with E-state index in [-0.39, 0.29) is 29.2 Å². The van der Waals surface area contributed by atoms with Gasteiger partial charge in [0.2, 0.25) is 11.9 Å². The maximum Gasteiger partial charge on any atom is 0.253 e. The number of nitrogens with zero attached hydrogens (tertiary/aromatic N) is 3. The van der Waals surface area contributed by atoms with Gasteiger partial charge in [-0.3, -0.25) is 14.6 Å². The van der Waals surface area contributed by atoms with E-state index in [1.807, 2.05) is 0 Å². The van der Waals surface area contributed by atoms with Crippen LogP contribution in [0.1, 0.15) is 15.9 Å². The molecule has 0 aliphatic carbocycles. The molecule has 3 aromatic rings. The normalized spacial score (nSPS) is 10.6. The predicted octanol–water partition coefficient (Wildman–Crippen LogP) is 1.22. The highest BCUT2D eigenvalue weighted by atomic mass is 19.1. The van der Waals surface area contributed by atoms with E-state index in [1.165, 1.54) is 41.4 Å². The lowest BCUT2D eigenvalue weighted by atomic mass is 10.1. The van der Waals surface area contributed by atoms with Gasteiger partial charge < -0.3 is 16.5 Å². The highest BCUT2D eigenvalue weighted by Gasteiger charge is 2.13. The fourth-order valence-electron chi connectivity index (χ4n) is 2.57. The molecule has 0 unspecified atom stereocenters. The average Bonchev–Trinajstić information content (AvgIpc) is 3.07. The van der Waals surface area contributed by atoms with Crippen molar-refractivity contribution in [2.75, 3.05) is 18.5 Å². The van der Waals surface area contributed by atoms with Crippen LogP contribution in [0.3, 0.4) is 0 Å². The third-order valence-corrected chi connectivity index (χ3v) is 3.97. The molecule has 0 fully saturated rings. The first-order chi connectivity index (χ1) is 13.9. The Morgan fingerprint density at radius 3 is 2.69 bits per heavy atom. The summed E-state index contributed by atoms with van der Waals surface area (Å²) in [6.45, 7) is 0.125. The molecule has 0 spiro atoms. The number of nitrogens with one attached hydrogen (secondary N) is 2. The highest BCUT2D eigenvalue weighted by molar-refractivity contribution is 5.96. The minimum atomic E-state index is -0.735. The molecule has 0 bridgehead atoms. The van der Waals surface area contributed by atoms with Gasteiger partial charge in [-0.15, -0.1) is 5.10 Å². The zero-order chi connectivity index (χ0) is 20.8. The van der Waals surface area contributed by atoms with Crippen molar-refractivity contribution in [2.45, 2.75) is 6.42 Å². The van der Waals surface area contributed by atoms with Crippen molar-refractivity contribution in [3.63, 3.8) is 0 Å². The number of carbonyl (C=O) groups is 2. The number of aromatic nitrogens is 3. The van der Waals surface area contributed by atoms with Crippen LogP contribution in [0.15, 0.2) is 48.8 Å². The topological polar surface area (TPSA) is 115 Å². The van der Waals surface area contributed by atoms with E-state index in [1.54, 1.807) is 12.1 Å². The summed E-state index contributed by atoms with van der Waals surface area (Å²) in [5, 5.41) is 6.07. The number of rotatable bonds is 8. The zero-order valence-corrected chi connectivity index (χ0v) is 15.2. The van der Waals surface area contributed by atoms with Gasteiger partial charge in [-0.1, -0.05) is 12.1 Å². The van der Waals surface area contributed by atoms with Crippen LogP contribution in [-0.2, 0) is 11.2 Å². The number of primary amides is 1. The first-order valence-corrected chi connectivity index (χ1v) is 8.69. The summed E-state index contributed by atoms with van der Waals surface area (Å²) in [4.78, 5) is 27.8. The third-order valence-electron chi connectivity index (χ3n) is 3.97. The van der Waals surface area contributed by atoms with Crippen molar-refractivity contribution >= 4 is 11.8 Å². The zero-order valence-electron chi connectivity index (χ0n) is 15.2. The van der Waals surface area contributed by atoms with Crippen molar-refractivity contribution in [1.82, 2.24) is 20.2 Å². The lowest BCUT2D eigenvalue weighted by Crippen LogP contribution is -2.33. The second-order valence-corrected chi connectivity index (χ2v) is 6.15.